The van der Waals surface area contributed by atoms with Crippen molar-refractivity contribution < 1.29 is 48.3 Å². The van der Waals surface area contributed by atoms with E-state index in [2.05, 4.69) is 47.2 Å². The van der Waals surface area contributed by atoms with Crippen molar-refractivity contribution in [2.75, 3.05) is 26.2 Å². The number of aliphatic imine (C=N–C) groups is 2. The van der Waals surface area contributed by atoms with E-state index < -0.39 is 115 Å². The predicted molar refractivity (Wildman–Crippen MR) is 244 cm³/mol. The average Bonchev–Trinajstić information content (AvgIpc) is 3.26. The Kier molecular flexibility index (Phi) is 26.0. The number of carboxylic acids is 1. The lowest BCUT2D eigenvalue weighted by Gasteiger charge is -2.29. The average molecular weight is 932 g/mol. The number of carbonyl (C=O) groups is 9. The largest absolute Gasteiger partial charge is 0.481 e. The third-order valence-corrected chi connectivity index (χ3v) is 10.4. The van der Waals surface area contributed by atoms with E-state index in [4.69, 9.17) is 34.4 Å². The summed E-state index contributed by atoms with van der Waals surface area (Å²) in [5, 5.41) is 26.9. The van der Waals surface area contributed by atoms with Crippen molar-refractivity contribution in [2.45, 2.75) is 115 Å². The molecule has 1 aromatic rings. The number of nitrogens with one attached hydrogen (secondary N) is 7. The van der Waals surface area contributed by atoms with Crippen LogP contribution < -0.4 is 71.6 Å². The van der Waals surface area contributed by atoms with Gasteiger partial charge in [-0.25, -0.2) is 0 Å². The maximum atomic E-state index is 13.9. The molecule has 0 heterocycles. The number of nitrogens with zero attached hydrogens (tertiary/aromatic N) is 2. The fourth-order valence-corrected chi connectivity index (χ4v) is 6.05. The number of rotatable bonds is 31. The van der Waals surface area contributed by atoms with Crippen molar-refractivity contribution in [2.24, 2.45) is 56.2 Å². The molecule has 0 spiro atoms. The van der Waals surface area contributed by atoms with Crippen LogP contribution in [0.5, 0.6) is 0 Å². The second-order valence-corrected chi connectivity index (χ2v) is 15.7. The normalized spacial score (nSPS) is 14.4. The van der Waals surface area contributed by atoms with Crippen molar-refractivity contribution >= 4 is 65.1 Å². The number of aliphatic carboxylic acids is 1. The summed E-state index contributed by atoms with van der Waals surface area (Å²) in [6.07, 6.45) is 0.304. The van der Waals surface area contributed by atoms with Crippen molar-refractivity contribution in [3.63, 3.8) is 0 Å². The van der Waals surface area contributed by atoms with Gasteiger partial charge < -0.3 is 76.7 Å². The molecular weight excluding hydrogens is 863 g/mol. The molecule has 0 radical (unpaired) electrons. The zero-order valence-corrected chi connectivity index (χ0v) is 38.0. The molecule has 0 saturated heterocycles. The monoisotopic (exact) mass is 932 g/mol. The SMILES string of the molecule is CC[C@@H](C)[C@@H](N)C(=O)N[C@H](CCCN=C(N)N)C(=O)N[C@H](CC(=O)O)C(=O)N[C@@H](C(=O)N[C@H](CCCN=C(N)N)C(=O)NCC(=O)NCC(=O)N[C@H](Cc1ccccc1)C(N)=O)[C@H](C)CC. The molecule has 0 fully saturated rings. The number of benzene rings is 1. The van der Waals surface area contributed by atoms with Crippen LogP contribution in [0.2, 0.25) is 0 Å². The minimum atomic E-state index is -1.75. The van der Waals surface area contributed by atoms with Crippen molar-refractivity contribution in [3.8, 4) is 0 Å². The Morgan fingerprint density at radius 3 is 1.61 bits per heavy atom. The van der Waals surface area contributed by atoms with E-state index in [1.165, 1.54) is 0 Å². The van der Waals surface area contributed by atoms with E-state index in [9.17, 15) is 48.3 Å². The van der Waals surface area contributed by atoms with Gasteiger partial charge in [-0.05, 0) is 43.1 Å². The fourth-order valence-electron chi connectivity index (χ4n) is 6.05. The number of amides is 8. The molecule has 0 unspecified atom stereocenters. The molecular formula is C41H69N15O10. The van der Waals surface area contributed by atoms with Crippen LogP contribution in [-0.2, 0) is 49.6 Å². The van der Waals surface area contributed by atoms with E-state index in [-0.39, 0.29) is 63.0 Å². The molecule has 368 valence electrons. The first-order chi connectivity index (χ1) is 31.1. The van der Waals surface area contributed by atoms with E-state index in [0.29, 0.717) is 12.8 Å². The Labute approximate surface area is 383 Å². The lowest BCUT2D eigenvalue weighted by Crippen LogP contribution is -2.60. The molecule has 8 atom stereocenters. The molecule has 0 bridgehead atoms. The van der Waals surface area contributed by atoms with Gasteiger partial charge in [0.1, 0.15) is 30.2 Å². The molecule has 8 amide bonds. The maximum Gasteiger partial charge on any atom is 0.305 e. The highest BCUT2D eigenvalue weighted by Crippen LogP contribution is 2.12. The molecule has 0 aliphatic heterocycles. The summed E-state index contributed by atoms with van der Waals surface area (Å²) in [6.45, 7) is 5.83. The van der Waals surface area contributed by atoms with Gasteiger partial charge in [-0.1, -0.05) is 70.9 Å². The summed E-state index contributed by atoms with van der Waals surface area (Å²) in [4.78, 5) is 125. The van der Waals surface area contributed by atoms with Crippen molar-refractivity contribution in [1.29, 1.82) is 0 Å². The van der Waals surface area contributed by atoms with Gasteiger partial charge in [0.25, 0.3) is 0 Å². The van der Waals surface area contributed by atoms with Crippen molar-refractivity contribution in [3.05, 3.63) is 35.9 Å². The summed E-state index contributed by atoms with van der Waals surface area (Å²) < 4.78 is 0. The fraction of sp³-hybridized carbons (Fsp3) is 0.585. The maximum absolute atomic E-state index is 13.9. The summed E-state index contributed by atoms with van der Waals surface area (Å²) in [5.41, 5.74) is 33.9. The molecule has 0 aliphatic carbocycles. The van der Waals surface area contributed by atoms with Gasteiger partial charge in [0.05, 0.1) is 25.6 Å². The number of hydrogen-bond donors (Lipinski definition) is 14. The van der Waals surface area contributed by atoms with Crippen LogP contribution in [0, 0.1) is 11.8 Å². The van der Waals surface area contributed by atoms with E-state index in [1.807, 2.05) is 6.92 Å². The third kappa shape index (κ3) is 22.5. The molecule has 25 heteroatoms. The first-order valence-corrected chi connectivity index (χ1v) is 21.6. The van der Waals surface area contributed by atoms with Gasteiger partial charge in [0, 0.05) is 19.5 Å². The standard InChI is InChI=1S/C41H69N15O10/c1-5-22(3)32(42)38(65)53-26(15-11-17-49-41(46)47)36(63)55-28(19-31(59)60)37(64)56-33(23(4)6-2)39(66)54-25(14-10-16-48-40(44)45)35(62)51-20-29(57)50-21-30(58)52-27(34(43)61)18-24-12-8-7-9-13-24/h7-9,12-13,22-23,25-28,32-33H,5-6,10-11,14-21,42H2,1-4H3,(H2,43,61)(H,50,57)(H,51,62)(H,52,58)(H,53,65)(H,54,66)(H,55,63)(H,56,64)(H,59,60)(H4,44,45,48)(H4,46,47,49)/t22-,23-,25-,26-,27-,28-,32-,33-/m1/s1. The van der Waals surface area contributed by atoms with Gasteiger partial charge >= 0.3 is 5.97 Å². The van der Waals surface area contributed by atoms with Gasteiger partial charge in [-0.2, -0.15) is 0 Å². The van der Waals surface area contributed by atoms with Gasteiger partial charge in [-0.15, -0.1) is 0 Å². The number of primary amides is 1. The van der Waals surface area contributed by atoms with Crippen LogP contribution in [0.25, 0.3) is 0 Å². The minimum absolute atomic E-state index is 0.0307. The molecule has 0 aromatic heterocycles. The number of carboxylic acid groups (broad SMARTS) is 1. The zero-order chi connectivity index (χ0) is 49.9. The molecule has 0 aliphatic rings. The Bertz CT molecular complexity index is 1860. The second kappa shape index (κ2) is 30.2. The Hall–Kier alpha value is -7.05. The zero-order valence-electron chi connectivity index (χ0n) is 38.0. The third-order valence-electron chi connectivity index (χ3n) is 10.4. The highest BCUT2D eigenvalue weighted by molar-refractivity contribution is 5.98. The smallest absolute Gasteiger partial charge is 0.305 e. The van der Waals surface area contributed by atoms with Crippen LogP contribution in [0.1, 0.15) is 78.2 Å². The van der Waals surface area contributed by atoms with Crippen LogP contribution in [0.15, 0.2) is 40.3 Å². The molecule has 20 N–H and O–H groups in total. The Balaban J connectivity index is 3.19. The molecule has 66 heavy (non-hydrogen) atoms. The number of guanidine groups is 2. The first kappa shape index (κ1) is 57.0. The second-order valence-electron chi connectivity index (χ2n) is 15.7. The van der Waals surface area contributed by atoms with Gasteiger partial charge in [-0.3, -0.25) is 53.1 Å². The Morgan fingerprint density at radius 1 is 0.591 bits per heavy atom. The summed E-state index contributed by atoms with van der Waals surface area (Å²) >= 11 is 0. The van der Waals surface area contributed by atoms with Crippen molar-refractivity contribution in [1.82, 2.24) is 37.2 Å². The number of nitrogens with two attached hydrogens (primary N) is 6. The molecule has 25 nitrogen and oxygen atoms in total. The first-order valence-electron chi connectivity index (χ1n) is 21.6. The number of hydrogen-bond acceptors (Lipinski definition) is 12. The van der Waals surface area contributed by atoms with E-state index >= 15 is 0 Å². The topological polar surface area (TPSA) is 439 Å². The van der Waals surface area contributed by atoms with Crippen LogP contribution >= 0.6 is 0 Å². The van der Waals surface area contributed by atoms with E-state index in [0.717, 1.165) is 5.56 Å². The lowest BCUT2D eigenvalue weighted by atomic mass is 9.96. The minimum Gasteiger partial charge on any atom is -0.481 e. The summed E-state index contributed by atoms with van der Waals surface area (Å²) in [7, 11) is 0. The molecule has 0 saturated carbocycles. The highest BCUT2D eigenvalue weighted by Gasteiger charge is 2.35. The molecule has 1 rings (SSSR count). The summed E-state index contributed by atoms with van der Waals surface area (Å²) in [6, 6.07) is 0.975. The number of carbonyl (C=O) groups excluding carboxylic acids is 8. The van der Waals surface area contributed by atoms with Crippen LogP contribution in [0.3, 0.4) is 0 Å². The summed E-state index contributed by atoms with van der Waals surface area (Å²) in [5.74, 6) is -9.45. The van der Waals surface area contributed by atoms with E-state index in [1.54, 1.807) is 51.1 Å². The predicted octanol–water partition coefficient (Wildman–Crippen LogP) is -4.63. The van der Waals surface area contributed by atoms with Gasteiger partial charge in [0.2, 0.25) is 47.3 Å². The quantitative estimate of drug-likeness (QED) is 0.0189. The van der Waals surface area contributed by atoms with Crippen LogP contribution in [-0.4, -0.2) is 133 Å². The van der Waals surface area contributed by atoms with Crippen LogP contribution in [0.4, 0.5) is 0 Å². The lowest BCUT2D eigenvalue weighted by molar-refractivity contribution is -0.142. The van der Waals surface area contributed by atoms with Gasteiger partial charge in [0.15, 0.2) is 11.9 Å². The highest BCUT2D eigenvalue weighted by atomic mass is 16.4. The Morgan fingerprint density at radius 2 is 1.09 bits per heavy atom. The molecule has 1 aromatic carbocycles.